The van der Waals surface area contributed by atoms with Crippen LogP contribution in [-0.4, -0.2) is 47.1 Å². The van der Waals surface area contributed by atoms with Crippen LogP contribution in [0.4, 0.5) is 28.0 Å². The summed E-state index contributed by atoms with van der Waals surface area (Å²) in [5.41, 5.74) is -2.31. The lowest BCUT2D eigenvalue weighted by molar-refractivity contribution is -0.155. The SMILES string of the molecule is CC(O)(CNC(=O)Nc1ccc(OCC(F)(F)F)c(F)c1)C(=O)O. The van der Waals surface area contributed by atoms with Crippen molar-refractivity contribution in [1.82, 2.24) is 5.32 Å². The van der Waals surface area contributed by atoms with E-state index >= 15 is 0 Å². The molecule has 0 saturated carbocycles. The summed E-state index contributed by atoms with van der Waals surface area (Å²) in [6, 6.07) is 1.76. The first-order valence-electron chi connectivity index (χ1n) is 6.40. The molecule has 0 aliphatic heterocycles. The van der Waals surface area contributed by atoms with Crippen molar-refractivity contribution in [2.45, 2.75) is 18.7 Å². The average molecular weight is 354 g/mol. The number of rotatable bonds is 6. The molecule has 0 saturated heterocycles. The normalized spacial score (nSPS) is 13.8. The van der Waals surface area contributed by atoms with Crippen molar-refractivity contribution in [1.29, 1.82) is 0 Å². The van der Waals surface area contributed by atoms with Gasteiger partial charge in [0.2, 0.25) is 0 Å². The van der Waals surface area contributed by atoms with E-state index in [2.05, 4.69) is 10.1 Å². The molecule has 2 amide bonds. The fourth-order valence-electron chi connectivity index (χ4n) is 1.36. The number of aliphatic carboxylic acids is 1. The van der Waals surface area contributed by atoms with Crippen LogP contribution in [0.1, 0.15) is 6.92 Å². The zero-order valence-electron chi connectivity index (χ0n) is 12.3. The largest absolute Gasteiger partial charge is 0.481 e. The number of hydrogen-bond donors (Lipinski definition) is 4. The van der Waals surface area contributed by atoms with E-state index in [1.165, 1.54) is 0 Å². The van der Waals surface area contributed by atoms with Crippen molar-refractivity contribution in [3.8, 4) is 5.75 Å². The van der Waals surface area contributed by atoms with Crippen molar-refractivity contribution < 1.29 is 42.1 Å². The van der Waals surface area contributed by atoms with Gasteiger partial charge < -0.3 is 25.6 Å². The molecule has 1 aromatic rings. The molecule has 0 fully saturated rings. The molecule has 0 radical (unpaired) electrons. The molecule has 11 heteroatoms. The van der Waals surface area contributed by atoms with Gasteiger partial charge in [-0.2, -0.15) is 13.2 Å². The molecule has 134 valence electrons. The van der Waals surface area contributed by atoms with Crippen LogP contribution in [0.15, 0.2) is 18.2 Å². The number of carboxylic acids is 1. The number of anilines is 1. The van der Waals surface area contributed by atoms with E-state index in [-0.39, 0.29) is 5.69 Å². The van der Waals surface area contributed by atoms with Crippen LogP contribution >= 0.6 is 0 Å². The molecule has 1 atom stereocenters. The average Bonchev–Trinajstić information content (AvgIpc) is 2.43. The summed E-state index contributed by atoms with van der Waals surface area (Å²) in [6.07, 6.45) is -4.62. The summed E-state index contributed by atoms with van der Waals surface area (Å²) in [4.78, 5) is 22.1. The summed E-state index contributed by atoms with van der Waals surface area (Å²) in [5.74, 6) is -3.33. The van der Waals surface area contributed by atoms with Gasteiger partial charge >= 0.3 is 18.2 Å². The zero-order valence-corrected chi connectivity index (χ0v) is 12.3. The van der Waals surface area contributed by atoms with E-state index in [1.54, 1.807) is 0 Å². The molecule has 0 bridgehead atoms. The Bertz CT molecular complexity index is 619. The fraction of sp³-hybridized carbons (Fsp3) is 0.385. The van der Waals surface area contributed by atoms with E-state index in [1.807, 2.05) is 5.32 Å². The number of carbonyl (C=O) groups excluding carboxylic acids is 1. The lowest BCUT2D eigenvalue weighted by atomic mass is 10.1. The minimum atomic E-state index is -4.62. The second-order valence-electron chi connectivity index (χ2n) is 4.94. The fourth-order valence-corrected chi connectivity index (χ4v) is 1.36. The van der Waals surface area contributed by atoms with Gasteiger partial charge in [-0.15, -0.1) is 0 Å². The summed E-state index contributed by atoms with van der Waals surface area (Å²) in [5, 5.41) is 22.2. The van der Waals surface area contributed by atoms with Crippen LogP contribution in [0.25, 0.3) is 0 Å². The first-order chi connectivity index (χ1) is 10.9. The highest BCUT2D eigenvalue weighted by atomic mass is 19.4. The second kappa shape index (κ2) is 7.34. The van der Waals surface area contributed by atoms with Crippen LogP contribution in [-0.2, 0) is 4.79 Å². The number of urea groups is 1. The summed E-state index contributed by atoms with van der Waals surface area (Å²) in [6.45, 7) is -1.33. The van der Waals surface area contributed by atoms with Crippen LogP contribution in [0.2, 0.25) is 0 Å². The molecule has 1 rings (SSSR count). The number of carboxylic acid groups (broad SMARTS) is 1. The Morgan fingerprint density at radius 1 is 1.29 bits per heavy atom. The van der Waals surface area contributed by atoms with Crippen molar-refractivity contribution in [3.63, 3.8) is 0 Å². The third-order valence-corrected chi connectivity index (χ3v) is 2.63. The van der Waals surface area contributed by atoms with Crippen LogP contribution < -0.4 is 15.4 Å². The molecular weight excluding hydrogens is 340 g/mol. The van der Waals surface area contributed by atoms with Crippen LogP contribution in [0.5, 0.6) is 5.75 Å². The number of halogens is 4. The van der Waals surface area contributed by atoms with Gasteiger partial charge in [0, 0.05) is 11.8 Å². The number of hydrogen-bond acceptors (Lipinski definition) is 4. The van der Waals surface area contributed by atoms with Gasteiger partial charge in [0.05, 0.1) is 6.54 Å². The third kappa shape index (κ3) is 6.28. The van der Waals surface area contributed by atoms with Gasteiger partial charge in [-0.25, -0.2) is 14.0 Å². The van der Waals surface area contributed by atoms with Crippen molar-refractivity contribution in [2.24, 2.45) is 0 Å². The highest BCUT2D eigenvalue weighted by molar-refractivity contribution is 5.90. The second-order valence-corrected chi connectivity index (χ2v) is 4.94. The number of alkyl halides is 3. The summed E-state index contributed by atoms with van der Waals surface area (Å²) in [7, 11) is 0. The van der Waals surface area contributed by atoms with E-state index in [4.69, 9.17) is 5.11 Å². The highest BCUT2D eigenvalue weighted by Gasteiger charge is 2.30. The number of carbonyl (C=O) groups is 2. The standard InChI is InChI=1S/C13H14F4N2O5/c1-12(23,10(20)21)5-18-11(22)19-7-2-3-9(8(14)4-7)24-6-13(15,16)17/h2-4,23H,5-6H2,1H3,(H,20,21)(H2,18,19,22). The Morgan fingerprint density at radius 3 is 2.42 bits per heavy atom. The Labute approximate surface area is 133 Å². The maximum absolute atomic E-state index is 13.6. The number of nitrogens with one attached hydrogen (secondary N) is 2. The van der Waals surface area contributed by atoms with Gasteiger partial charge in [0.15, 0.2) is 23.8 Å². The van der Waals surface area contributed by atoms with Gasteiger partial charge in [0.25, 0.3) is 0 Å². The zero-order chi connectivity index (χ0) is 18.5. The van der Waals surface area contributed by atoms with Crippen molar-refractivity contribution >= 4 is 17.7 Å². The van der Waals surface area contributed by atoms with E-state index in [0.717, 1.165) is 25.1 Å². The van der Waals surface area contributed by atoms with Gasteiger partial charge in [-0.1, -0.05) is 0 Å². The van der Waals surface area contributed by atoms with E-state index < -0.39 is 48.5 Å². The Hall–Kier alpha value is -2.56. The van der Waals surface area contributed by atoms with Gasteiger partial charge in [-0.05, 0) is 19.1 Å². The molecule has 7 nitrogen and oxygen atoms in total. The molecule has 0 aliphatic carbocycles. The first kappa shape index (κ1) is 19.5. The minimum Gasteiger partial charge on any atom is -0.481 e. The Morgan fingerprint density at radius 2 is 1.92 bits per heavy atom. The van der Waals surface area contributed by atoms with Crippen LogP contribution in [0.3, 0.4) is 0 Å². The number of amides is 2. The minimum absolute atomic E-state index is 0.112. The number of aliphatic hydroxyl groups is 1. The van der Waals surface area contributed by atoms with E-state index in [9.17, 15) is 32.3 Å². The smallest absolute Gasteiger partial charge is 0.422 e. The maximum atomic E-state index is 13.6. The van der Waals surface area contributed by atoms with Crippen LogP contribution in [0, 0.1) is 5.82 Å². The summed E-state index contributed by atoms with van der Waals surface area (Å²) < 4.78 is 53.8. The lowest BCUT2D eigenvalue weighted by Crippen LogP contribution is -2.47. The molecule has 0 aliphatic rings. The molecule has 0 aromatic heterocycles. The molecule has 4 N–H and O–H groups in total. The molecule has 0 heterocycles. The lowest BCUT2D eigenvalue weighted by Gasteiger charge is -2.18. The quantitative estimate of drug-likeness (QED) is 0.582. The molecule has 1 unspecified atom stereocenters. The maximum Gasteiger partial charge on any atom is 0.422 e. The van der Waals surface area contributed by atoms with Crippen molar-refractivity contribution in [2.75, 3.05) is 18.5 Å². The van der Waals surface area contributed by atoms with Crippen molar-refractivity contribution in [3.05, 3.63) is 24.0 Å². The summed E-state index contributed by atoms with van der Waals surface area (Å²) >= 11 is 0. The predicted molar refractivity (Wildman–Crippen MR) is 73.2 cm³/mol. The first-order valence-corrected chi connectivity index (χ1v) is 6.40. The highest BCUT2D eigenvalue weighted by Crippen LogP contribution is 2.24. The van der Waals surface area contributed by atoms with E-state index in [0.29, 0.717) is 0 Å². The van der Waals surface area contributed by atoms with Gasteiger partial charge in [-0.3, -0.25) is 0 Å². The predicted octanol–water partition coefficient (Wildman–Crippen LogP) is 1.72. The Kier molecular flexibility index (Phi) is 5.96. The topological polar surface area (TPSA) is 108 Å². The molecule has 0 spiro atoms. The molecule has 1 aromatic carbocycles. The molecule has 24 heavy (non-hydrogen) atoms. The molecular formula is C13H14F4N2O5. The number of benzene rings is 1. The Balaban J connectivity index is 2.61. The third-order valence-electron chi connectivity index (χ3n) is 2.63. The van der Waals surface area contributed by atoms with Gasteiger partial charge in [0.1, 0.15) is 0 Å². The monoisotopic (exact) mass is 354 g/mol. The number of ether oxygens (including phenoxy) is 1.